The maximum atomic E-state index is 12.6. The van der Waals surface area contributed by atoms with Crippen molar-refractivity contribution in [3.63, 3.8) is 0 Å². The normalized spacial score (nSPS) is 23.4. The number of aliphatic carboxylic acids is 1. The zero-order chi connectivity index (χ0) is 19.4. The van der Waals surface area contributed by atoms with Gasteiger partial charge in [-0.15, -0.1) is 0 Å². The molecule has 2 fully saturated rings. The number of carboxylic acid groups (broad SMARTS) is 1. The predicted octanol–water partition coefficient (Wildman–Crippen LogP) is 1.77. The van der Waals surface area contributed by atoms with Crippen LogP contribution >= 0.6 is 0 Å². The molecule has 0 spiro atoms. The first-order valence-corrected chi connectivity index (χ1v) is 10.9. The van der Waals surface area contributed by atoms with Gasteiger partial charge in [0.25, 0.3) is 0 Å². The first kappa shape index (κ1) is 19.8. The smallest absolute Gasteiger partial charge is 0.306 e. The zero-order valence-corrected chi connectivity index (χ0v) is 16.1. The van der Waals surface area contributed by atoms with Crippen LogP contribution in [0.25, 0.3) is 0 Å². The van der Waals surface area contributed by atoms with Crippen LogP contribution in [-0.4, -0.2) is 48.8 Å². The molecule has 0 bridgehead atoms. The fourth-order valence-electron chi connectivity index (χ4n) is 3.58. The fourth-order valence-corrected chi connectivity index (χ4v) is 5.09. The topological polar surface area (TPSA) is 104 Å². The summed E-state index contributed by atoms with van der Waals surface area (Å²) in [5.41, 5.74) is 0.903. The van der Waals surface area contributed by atoms with Gasteiger partial charge in [-0.05, 0) is 49.8 Å². The monoisotopic (exact) mass is 394 g/mol. The largest absolute Gasteiger partial charge is 0.481 e. The van der Waals surface area contributed by atoms with Gasteiger partial charge in [-0.1, -0.05) is 18.6 Å². The highest BCUT2D eigenvalue weighted by atomic mass is 32.2. The van der Waals surface area contributed by atoms with Crippen molar-refractivity contribution < 1.29 is 23.1 Å². The van der Waals surface area contributed by atoms with Crippen LogP contribution in [0.5, 0.6) is 0 Å². The highest BCUT2D eigenvalue weighted by Gasteiger charge is 2.35. The third-order valence-electron chi connectivity index (χ3n) is 5.37. The number of carboxylic acids is 1. The van der Waals surface area contributed by atoms with E-state index in [9.17, 15) is 18.0 Å². The molecular weight excluding hydrogens is 368 g/mol. The number of piperidine rings is 1. The number of sulfonamides is 1. The number of amides is 1. The lowest BCUT2D eigenvalue weighted by molar-refractivity contribution is -0.146. The van der Waals surface area contributed by atoms with E-state index >= 15 is 0 Å². The number of hydrogen-bond acceptors (Lipinski definition) is 4. The summed E-state index contributed by atoms with van der Waals surface area (Å²) in [5.74, 6) is -1.25. The number of carbonyl (C=O) groups excluding carboxylic acids is 1. The van der Waals surface area contributed by atoms with E-state index in [2.05, 4.69) is 5.32 Å². The van der Waals surface area contributed by atoms with Crippen molar-refractivity contribution in [2.24, 2.45) is 5.92 Å². The van der Waals surface area contributed by atoms with Crippen molar-refractivity contribution >= 4 is 21.9 Å². The molecule has 1 aliphatic heterocycles. The number of rotatable bonds is 7. The van der Waals surface area contributed by atoms with Crippen LogP contribution in [0.3, 0.4) is 0 Å². The molecule has 0 atom stereocenters. The summed E-state index contributed by atoms with van der Waals surface area (Å²) in [7, 11) is -3.43. The van der Waals surface area contributed by atoms with Gasteiger partial charge in [0.15, 0.2) is 0 Å². The number of carbonyl (C=O) groups is 2. The molecule has 1 aliphatic carbocycles. The lowest BCUT2D eigenvalue weighted by Gasteiger charge is -2.32. The number of benzene rings is 1. The van der Waals surface area contributed by atoms with Crippen LogP contribution in [0.15, 0.2) is 29.2 Å². The molecular formula is C19H26N2O5S. The summed E-state index contributed by atoms with van der Waals surface area (Å²) in [5, 5.41) is 11.7. The van der Waals surface area contributed by atoms with E-state index in [0.717, 1.165) is 24.8 Å². The molecule has 148 valence electrons. The van der Waals surface area contributed by atoms with Gasteiger partial charge in [-0.25, -0.2) is 8.42 Å². The van der Waals surface area contributed by atoms with E-state index < -0.39 is 16.0 Å². The van der Waals surface area contributed by atoms with Gasteiger partial charge in [0.05, 0.1) is 10.8 Å². The second-order valence-corrected chi connectivity index (χ2v) is 9.32. The third kappa shape index (κ3) is 4.87. The second kappa shape index (κ2) is 8.39. The summed E-state index contributed by atoms with van der Waals surface area (Å²) in [6, 6.07) is 6.69. The number of hydrogen-bond donors (Lipinski definition) is 2. The first-order valence-electron chi connectivity index (χ1n) is 9.47. The third-order valence-corrected chi connectivity index (χ3v) is 7.28. The highest BCUT2D eigenvalue weighted by molar-refractivity contribution is 7.89. The molecule has 27 heavy (non-hydrogen) atoms. The van der Waals surface area contributed by atoms with E-state index in [1.165, 1.54) is 0 Å². The number of nitrogens with one attached hydrogen (secondary N) is 1. The van der Waals surface area contributed by atoms with Crippen LogP contribution in [0.1, 0.15) is 44.1 Å². The Morgan fingerprint density at radius 3 is 2.30 bits per heavy atom. The van der Waals surface area contributed by atoms with Crippen LogP contribution in [0, 0.1) is 5.92 Å². The fraction of sp³-hybridized carbons (Fsp3) is 0.579. The molecule has 1 aromatic carbocycles. The Labute approximate surface area is 159 Å². The van der Waals surface area contributed by atoms with Gasteiger partial charge >= 0.3 is 5.97 Å². The molecule has 0 unspecified atom stereocenters. The molecule has 3 rings (SSSR count). The van der Waals surface area contributed by atoms with Crippen molar-refractivity contribution in [1.82, 2.24) is 9.62 Å². The maximum Gasteiger partial charge on any atom is 0.306 e. The predicted molar refractivity (Wildman–Crippen MR) is 99.7 cm³/mol. The Bertz CT molecular complexity index is 779. The van der Waals surface area contributed by atoms with Crippen LogP contribution in [0.2, 0.25) is 0 Å². The van der Waals surface area contributed by atoms with Gasteiger partial charge in [0.1, 0.15) is 0 Å². The van der Waals surface area contributed by atoms with E-state index in [-0.39, 0.29) is 17.9 Å². The minimum Gasteiger partial charge on any atom is -0.481 e. The molecule has 8 heteroatoms. The average molecular weight is 394 g/mol. The maximum absolute atomic E-state index is 12.6. The Balaban J connectivity index is 1.48. The van der Waals surface area contributed by atoms with Gasteiger partial charge in [-0.2, -0.15) is 4.31 Å². The van der Waals surface area contributed by atoms with Crippen LogP contribution < -0.4 is 5.32 Å². The van der Waals surface area contributed by atoms with Gasteiger partial charge in [-0.3, -0.25) is 9.59 Å². The lowest BCUT2D eigenvalue weighted by Crippen LogP contribution is -2.46. The van der Waals surface area contributed by atoms with Crippen molar-refractivity contribution in [1.29, 1.82) is 0 Å². The van der Waals surface area contributed by atoms with Crippen molar-refractivity contribution in [2.75, 3.05) is 13.1 Å². The summed E-state index contributed by atoms with van der Waals surface area (Å²) < 4.78 is 26.8. The molecule has 1 saturated carbocycles. The van der Waals surface area contributed by atoms with Crippen LogP contribution in [-0.2, 0) is 26.0 Å². The minimum absolute atomic E-state index is 0.0457. The molecule has 0 aromatic heterocycles. The van der Waals surface area contributed by atoms with E-state index in [1.54, 1.807) is 28.6 Å². The van der Waals surface area contributed by atoms with E-state index in [4.69, 9.17) is 5.11 Å². The Kier molecular flexibility index (Phi) is 6.16. The molecule has 0 radical (unpaired) electrons. The molecule has 7 nitrogen and oxygen atoms in total. The Hall–Kier alpha value is -1.93. The van der Waals surface area contributed by atoms with Gasteiger partial charge < -0.3 is 10.4 Å². The van der Waals surface area contributed by atoms with Gasteiger partial charge in [0.2, 0.25) is 15.9 Å². The van der Waals surface area contributed by atoms with E-state index in [0.29, 0.717) is 43.7 Å². The van der Waals surface area contributed by atoms with Gasteiger partial charge in [0, 0.05) is 25.6 Å². The summed E-state index contributed by atoms with van der Waals surface area (Å²) in [6.45, 7) is 1.16. The number of aryl methyl sites for hydroxylation is 1. The SMILES string of the molecule is O=C(CCc1ccc(S(=O)(=O)N2CCCCC2)cc1)NC1CC(C(=O)O)C1. The first-order chi connectivity index (χ1) is 12.9. The summed E-state index contributed by atoms with van der Waals surface area (Å²) >= 11 is 0. The van der Waals surface area contributed by atoms with Crippen LogP contribution in [0.4, 0.5) is 0 Å². The number of nitrogens with zero attached hydrogens (tertiary/aromatic N) is 1. The molecule has 1 saturated heterocycles. The molecule has 1 aromatic rings. The molecule has 2 aliphatic rings. The zero-order valence-electron chi connectivity index (χ0n) is 15.3. The Morgan fingerprint density at radius 1 is 1.07 bits per heavy atom. The molecule has 1 heterocycles. The summed E-state index contributed by atoms with van der Waals surface area (Å²) in [6.07, 6.45) is 4.68. The van der Waals surface area contributed by atoms with E-state index in [1.807, 2.05) is 0 Å². The average Bonchev–Trinajstić information content (AvgIpc) is 2.63. The quantitative estimate of drug-likeness (QED) is 0.734. The molecule has 2 N–H and O–H groups in total. The molecule has 1 amide bonds. The van der Waals surface area contributed by atoms with Crippen molar-refractivity contribution in [3.8, 4) is 0 Å². The van der Waals surface area contributed by atoms with Crippen molar-refractivity contribution in [3.05, 3.63) is 29.8 Å². The standard InChI is InChI=1S/C19H26N2O5S/c22-18(20-16-12-15(13-16)19(23)24)9-6-14-4-7-17(8-5-14)27(25,26)21-10-2-1-3-11-21/h4-5,7-8,15-16H,1-3,6,9-13H2,(H,20,22)(H,23,24). The summed E-state index contributed by atoms with van der Waals surface area (Å²) in [4.78, 5) is 23.0. The second-order valence-electron chi connectivity index (χ2n) is 7.38. The highest BCUT2D eigenvalue weighted by Crippen LogP contribution is 2.27. The Morgan fingerprint density at radius 2 is 1.70 bits per heavy atom. The van der Waals surface area contributed by atoms with Crippen molar-refractivity contribution in [2.45, 2.75) is 55.9 Å². The minimum atomic E-state index is -3.43. The lowest BCUT2D eigenvalue weighted by atomic mass is 9.80.